The summed E-state index contributed by atoms with van der Waals surface area (Å²) < 4.78 is 2.17. The van der Waals surface area contributed by atoms with Crippen molar-refractivity contribution in [2.24, 2.45) is 0 Å². The molecule has 3 aromatic rings. The maximum Gasteiger partial charge on any atom is 0.0930 e. The molecule has 1 aliphatic heterocycles. The molecular formula is C18H16N2. The van der Waals surface area contributed by atoms with Gasteiger partial charge in [-0.1, -0.05) is 54.6 Å². The first-order valence-electron chi connectivity index (χ1n) is 7.13. The van der Waals surface area contributed by atoms with Gasteiger partial charge in [-0.05, 0) is 30.0 Å². The SMILES string of the molecule is C(=C\c1nn2c3c(cccc13)CCC2)/c1ccccc1. The van der Waals surface area contributed by atoms with E-state index in [0.717, 1.165) is 12.2 Å². The molecule has 0 radical (unpaired) electrons. The van der Waals surface area contributed by atoms with Crippen molar-refractivity contribution in [3.8, 4) is 0 Å². The van der Waals surface area contributed by atoms with E-state index in [1.165, 1.54) is 34.9 Å². The zero-order valence-corrected chi connectivity index (χ0v) is 11.3. The van der Waals surface area contributed by atoms with Crippen LogP contribution in [-0.4, -0.2) is 9.78 Å². The third-order valence-electron chi connectivity index (χ3n) is 3.93. The molecule has 2 heterocycles. The second kappa shape index (κ2) is 4.64. The third kappa shape index (κ3) is 1.85. The summed E-state index contributed by atoms with van der Waals surface area (Å²) in [5, 5.41) is 6.04. The smallest absolute Gasteiger partial charge is 0.0930 e. The van der Waals surface area contributed by atoms with Crippen LogP contribution >= 0.6 is 0 Å². The van der Waals surface area contributed by atoms with Crippen LogP contribution in [0.15, 0.2) is 48.5 Å². The van der Waals surface area contributed by atoms with Gasteiger partial charge in [0.1, 0.15) is 0 Å². The highest BCUT2D eigenvalue weighted by Crippen LogP contribution is 2.28. The van der Waals surface area contributed by atoms with E-state index in [-0.39, 0.29) is 0 Å². The van der Waals surface area contributed by atoms with Crippen LogP contribution in [0.2, 0.25) is 0 Å². The van der Waals surface area contributed by atoms with Crippen molar-refractivity contribution in [1.82, 2.24) is 9.78 Å². The molecule has 2 nitrogen and oxygen atoms in total. The molecule has 0 atom stereocenters. The zero-order valence-electron chi connectivity index (χ0n) is 11.3. The van der Waals surface area contributed by atoms with Crippen LogP contribution in [-0.2, 0) is 13.0 Å². The van der Waals surface area contributed by atoms with E-state index in [0.29, 0.717) is 0 Å². The minimum atomic E-state index is 1.03. The van der Waals surface area contributed by atoms with Gasteiger partial charge in [0.15, 0.2) is 0 Å². The van der Waals surface area contributed by atoms with Gasteiger partial charge in [-0.2, -0.15) is 5.10 Å². The van der Waals surface area contributed by atoms with Crippen molar-refractivity contribution in [2.45, 2.75) is 19.4 Å². The fourth-order valence-corrected chi connectivity index (χ4v) is 2.98. The Kier molecular flexibility index (Phi) is 2.66. The molecule has 2 aromatic carbocycles. The summed E-state index contributed by atoms with van der Waals surface area (Å²) in [4.78, 5) is 0. The third-order valence-corrected chi connectivity index (χ3v) is 3.93. The summed E-state index contributed by atoms with van der Waals surface area (Å²) in [7, 11) is 0. The molecule has 0 spiro atoms. The molecule has 0 saturated carbocycles. The Hall–Kier alpha value is -2.35. The largest absolute Gasteiger partial charge is 0.264 e. The lowest BCUT2D eigenvalue weighted by Crippen LogP contribution is -2.08. The van der Waals surface area contributed by atoms with Gasteiger partial charge in [0, 0.05) is 11.9 Å². The van der Waals surface area contributed by atoms with Gasteiger partial charge in [0.25, 0.3) is 0 Å². The molecule has 0 fully saturated rings. The minimum absolute atomic E-state index is 1.03. The van der Waals surface area contributed by atoms with Crippen LogP contribution in [0.5, 0.6) is 0 Å². The summed E-state index contributed by atoms with van der Waals surface area (Å²) in [6.45, 7) is 1.03. The highest BCUT2D eigenvalue weighted by molar-refractivity contribution is 5.92. The van der Waals surface area contributed by atoms with E-state index in [1.807, 2.05) is 6.07 Å². The van der Waals surface area contributed by atoms with Crippen LogP contribution in [0.1, 0.15) is 23.2 Å². The normalized spacial score (nSPS) is 14.2. The van der Waals surface area contributed by atoms with Crippen molar-refractivity contribution in [1.29, 1.82) is 0 Å². The standard InChI is InChI=1S/C18H16N2/c1-2-6-14(7-3-1)11-12-17-16-10-4-8-15-9-5-13-20(19-17)18(15)16/h1-4,6-8,10-12H,5,9,13H2/b12-11+. The van der Waals surface area contributed by atoms with E-state index >= 15 is 0 Å². The van der Waals surface area contributed by atoms with Crippen LogP contribution in [0.25, 0.3) is 23.1 Å². The monoisotopic (exact) mass is 260 g/mol. The Morgan fingerprint density at radius 3 is 2.75 bits per heavy atom. The predicted molar refractivity (Wildman–Crippen MR) is 83.4 cm³/mol. The van der Waals surface area contributed by atoms with E-state index in [1.54, 1.807) is 0 Å². The highest BCUT2D eigenvalue weighted by Gasteiger charge is 2.15. The Balaban J connectivity index is 1.82. The average molecular weight is 260 g/mol. The molecular weight excluding hydrogens is 244 g/mol. The van der Waals surface area contributed by atoms with Crippen LogP contribution < -0.4 is 0 Å². The lowest BCUT2D eigenvalue weighted by atomic mass is 10.0. The van der Waals surface area contributed by atoms with Crippen molar-refractivity contribution in [3.05, 3.63) is 65.4 Å². The molecule has 20 heavy (non-hydrogen) atoms. The molecule has 0 aliphatic carbocycles. The van der Waals surface area contributed by atoms with Gasteiger partial charge < -0.3 is 0 Å². The van der Waals surface area contributed by atoms with Crippen LogP contribution in [0.4, 0.5) is 0 Å². The highest BCUT2D eigenvalue weighted by atomic mass is 15.3. The Morgan fingerprint density at radius 1 is 0.950 bits per heavy atom. The van der Waals surface area contributed by atoms with Gasteiger partial charge in [-0.3, -0.25) is 4.68 Å². The van der Waals surface area contributed by atoms with Gasteiger partial charge in [0.2, 0.25) is 0 Å². The van der Waals surface area contributed by atoms with Gasteiger partial charge in [-0.25, -0.2) is 0 Å². The molecule has 2 heteroatoms. The molecule has 0 unspecified atom stereocenters. The first-order chi connectivity index (χ1) is 9.92. The van der Waals surface area contributed by atoms with Gasteiger partial charge >= 0.3 is 0 Å². The number of benzene rings is 2. The number of rotatable bonds is 2. The Morgan fingerprint density at radius 2 is 1.85 bits per heavy atom. The molecule has 0 bridgehead atoms. The summed E-state index contributed by atoms with van der Waals surface area (Å²) >= 11 is 0. The summed E-state index contributed by atoms with van der Waals surface area (Å²) in [5.74, 6) is 0. The van der Waals surface area contributed by atoms with E-state index in [2.05, 4.69) is 59.3 Å². The summed E-state index contributed by atoms with van der Waals surface area (Å²) in [6, 6.07) is 16.9. The van der Waals surface area contributed by atoms with Crippen molar-refractivity contribution in [2.75, 3.05) is 0 Å². The number of nitrogens with zero attached hydrogens (tertiary/aromatic N) is 2. The minimum Gasteiger partial charge on any atom is -0.264 e. The quantitative estimate of drug-likeness (QED) is 0.676. The zero-order chi connectivity index (χ0) is 13.4. The summed E-state index contributed by atoms with van der Waals surface area (Å²) in [5.41, 5.74) is 5.04. The van der Waals surface area contributed by atoms with Gasteiger partial charge in [-0.15, -0.1) is 0 Å². The molecule has 0 amide bonds. The number of para-hydroxylation sites is 1. The van der Waals surface area contributed by atoms with E-state index < -0.39 is 0 Å². The molecule has 98 valence electrons. The second-order valence-electron chi connectivity index (χ2n) is 5.27. The number of hydrogen-bond acceptors (Lipinski definition) is 1. The lowest BCUT2D eigenvalue weighted by Gasteiger charge is -2.13. The van der Waals surface area contributed by atoms with E-state index in [9.17, 15) is 0 Å². The lowest BCUT2D eigenvalue weighted by molar-refractivity contribution is 0.572. The van der Waals surface area contributed by atoms with Crippen molar-refractivity contribution >= 4 is 23.1 Å². The van der Waals surface area contributed by atoms with Crippen LogP contribution in [0, 0.1) is 0 Å². The number of aryl methyl sites for hydroxylation is 2. The Labute approximate surface area is 118 Å². The maximum atomic E-state index is 4.76. The molecule has 4 rings (SSSR count). The topological polar surface area (TPSA) is 17.8 Å². The van der Waals surface area contributed by atoms with Crippen molar-refractivity contribution in [3.63, 3.8) is 0 Å². The number of hydrogen-bond donors (Lipinski definition) is 0. The number of aromatic nitrogens is 2. The molecule has 1 aliphatic rings. The summed E-state index contributed by atoms with van der Waals surface area (Å²) in [6.07, 6.45) is 6.63. The fraction of sp³-hybridized carbons (Fsp3) is 0.167. The molecule has 0 saturated heterocycles. The van der Waals surface area contributed by atoms with Crippen LogP contribution in [0.3, 0.4) is 0 Å². The van der Waals surface area contributed by atoms with Gasteiger partial charge in [0.05, 0.1) is 11.2 Å². The second-order valence-corrected chi connectivity index (χ2v) is 5.27. The van der Waals surface area contributed by atoms with Crippen molar-refractivity contribution < 1.29 is 0 Å². The fourth-order valence-electron chi connectivity index (χ4n) is 2.98. The average Bonchev–Trinajstić information content (AvgIpc) is 2.87. The first-order valence-corrected chi connectivity index (χ1v) is 7.13. The molecule has 0 N–H and O–H groups in total. The van der Waals surface area contributed by atoms with E-state index in [4.69, 9.17) is 5.10 Å². The Bertz CT molecular complexity index is 782. The first kappa shape index (κ1) is 11.5. The maximum absolute atomic E-state index is 4.76. The molecule has 1 aromatic heterocycles. The predicted octanol–water partition coefficient (Wildman–Crippen LogP) is 4.15.